The Bertz CT molecular complexity index is 1870. The molecule has 4 aliphatic heterocycles. The van der Waals surface area contributed by atoms with Crippen molar-refractivity contribution in [3.63, 3.8) is 0 Å². The molecular formula is C37H40N4O3. The molecule has 0 aliphatic carbocycles. The number of fused-ring (bicyclic) bond motifs is 5. The van der Waals surface area contributed by atoms with Gasteiger partial charge in [0.15, 0.2) is 5.43 Å². The van der Waals surface area contributed by atoms with E-state index in [9.17, 15) is 9.90 Å². The fourth-order valence-electron chi connectivity index (χ4n) is 8.73. The lowest BCUT2D eigenvalue weighted by Gasteiger charge is -2.44. The third-order valence-electron chi connectivity index (χ3n) is 10.8. The molecule has 226 valence electrons. The first-order valence-electron chi connectivity index (χ1n) is 16.2. The Hall–Kier alpha value is -3.99. The van der Waals surface area contributed by atoms with Gasteiger partial charge >= 0.3 is 0 Å². The molecule has 1 aromatic heterocycles. The van der Waals surface area contributed by atoms with E-state index in [1.165, 1.54) is 32.1 Å². The first kappa shape index (κ1) is 27.6. The number of aryl methyl sites for hydroxylation is 1. The number of ether oxygens (including phenoxy) is 1. The zero-order chi connectivity index (χ0) is 30.0. The number of nitrogens with one attached hydrogen (secondary N) is 1. The van der Waals surface area contributed by atoms with Crippen LogP contribution in [0.4, 0.5) is 5.69 Å². The van der Waals surface area contributed by atoms with Gasteiger partial charge in [-0.15, -0.1) is 6.42 Å². The minimum absolute atomic E-state index is 0.0376. The third-order valence-corrected chi connectivity index (χ3v) is 10.8. The molecule has 5 heterocycles. The van der Waals surface area contributed by atoms with Crippen LogP contribution in [0.5, 0.6) is 11.5 Å². The van der Waals surface area contributed by atoms with E-state index in [4.69, 9.17) is 11.2 Å². The van der Waals surface area contributed by atoms with E-state index in [1.807, 2.05) is 31.3 Å². The number of rotatable bonds is 5. The average Bonchev–Trinajstić information content (AvgIpc) is 3.61. The lowest BCUT2D eigenvalue weighted by atomic mass is 9.93. The van der Waals surface area contributed by atoms with Gasteiger partial charge in [-0.1, -0.05) is 24.5 Å². The number of anilines is 1. The predicted molar refractivity (Wildman–Crippen MR) is 177 cm³/mol. The highest BCUT2D eigenvalue weighted by Crippen LogP contribution is 2.41. The number of pyridine rings is 1. The Morgan fingerprint density at radius 2 is 1.80 bits per heavy atom. The summed E-state index contributed by atoms with van der Waals surface area (Å²) in [5.74, 6) is 3.75. The lowest BCUT2D eigenvalue weighted by Crippen LogP contribution is -2.58. The summed E-state index contributed by atoms with van der Waals surface area (Å²) in [5, 5.41) is 16.9. The molecule has 2 N–H and O–H groups in total. The smallest absolute Gasteiger partial charge is 0.192 e. The van der Waals surface area contributed by atoms with Crippen LogP contribution >= 0.6 is 0 Å². The molecule has 4 aliphatic rings. The Kier molecular flexibility index (Phi) is 6.62. The summed E-state index contributed by atoms with van der Waals surface area (Å²) < 4.78 is 8.81. The highest BCUT2D eigenvalue weighted by molar-refractivity contribution is 6.03. The number of aromatic hydroxyl groups is 1. The Balaban J connectivity index is 1.30. The van der Waals surface area contributed by atoms with Crippen LogP contribution in [0.2, 0.25) is 0 Å². The monoisotopic (exact) mass is 588 g/mol. The average molecular weight is 589 g/mol. The molecule has 0 spiro atoms. The maximum absolute atomic E-state index is 14.2. The fraction of sp³-hybridized carbons (Fsp3) is 0.432. The quantitative estimate of drug-likeness (QED) is 0.305. The topological polar surface area (TPSA) is 70.0 Å². The van der Waals surface area contributed by atoms with Crippen molar-refractivity contribution in [3.05, 3.63) is 64.3 Å². The second kappa shape index (κ2) is 10.6. The highest BCUT2D eigenvalue weighted by Gasteiger charge is 2.45. The van der Waals surface area contributed by atoms with Gasteiger partial charge in [0.25, 0.3) is 0 Å². The first-order valence-corrected chi connectivity index (χ1v) is 16.2. The number of phenolic OH excluding ortho intramolecular Hbond substituents is 1. The van der Waals surface area contributed by atoms with Crippen molar-refractivity contribution in [2.45, 2.75) is 62.6 Å². The molecule has 0 amide bonds. The van der Waals surface area contributed by atoms with E-state index < -0.39 is 0 Å². The standard InChI is InChI=1S/C37H40N4O3/c1-3-24-8-4-9-25-16-28(42)17-30(35(24)25)31-20-34(43)36-32(39(31)2)18-29(44-23-37-12-6-14-41(37)15-7-13-37)19-33(36)40-21-26-10-5-11-27(22-40)38-26/h1,4,8-9,16-20,26-27,38,42H,5-7,10-15,21-23H2,2H3. The molecule has 7 nitrogen and oxygen atoms in total. The van der Waals surface area contributed by atoms with Crippen molar-refractivity contribution in [2.24, 2.45) is 7.05 Å². The summed E-state index contributed by atoms with van der Waals surface area (Å²) >= 11 is 0. The van der Waals surface area contributed by atoms with Crippen LogP contribution in [0.25, 0.3) is 32.9 Å². The highest BCUT2D eigenvalue weighted by atomic mass is 16.5. The normalized spacial score (nSPS) is 22.8. The van der Waals surface area contributed by atoms with Crippen LogP contribution < -0.4 is 20.4 Å². The summed E-state index contributed by atoms with van der Waals surface area (Å²) in [6, 6.07) is 15.9. The van der Waals surface area contributed by atoms with Gasteiger partial charge in [0.2, 0.25) is 0 Å². The summed E-state index contributed by atoms with van der Waals surface area (Å²) in [4.78, 5) is 19.3. The van der Waals surface area contributed by atoms with Gasteiger partial charge in [-0.25, -0.2) is 0 Å². The van der Waals surface area contributed by atoms with Gasteiger partial charge in [-0.05, 0) is 75.2 Å². The zero-order valence-electron chi connectivity index (χ0n) is 25.4. The number of aromatic nitrogens is 1. The lowest BCUT2D eigenvalue weighted by molar-refractivity contribution is 0.114. The first-order chi connectivity index (χ1) is 21.4. The number of piperazine rings is 1. The number of nitrogens with zero attached hydrogens (tertiary/aromatic N) is 3. The molecular weight excluding hydrogens is 548 g/mol. The molecule has 4 fully saturated rings. The molecule has 0 saturated carbocycles. The molecule has 2 bridgehead atoms. The molecule has 4 aromatic rings. The third kappa shape index (κ3) is 4.46. The molecule has 2 atom stereocenters. The van der Waals surface area contributed by atoms with Crippen molar-refractivity contribution in [1.29, 1.82) is 0 Å². The van der Waals surface area contributed by atoms with Crippen LogP contribution in [0.3, 0.4) is 0 Å². The number of phenols is 1. The Morgan fingerprint density at radius 1 is 1.02 bits per heavy atom. The second-order valence-electron chi connectivity index (χ2n) is 13.4. The fourth-order valence-corrected chi connectivity index (χ4v) is 8.73. The van der Waals surface area contributed by atoms with Crippen molar-refractivity contribution in [2.75, 3.05) is 37.7 Å². The van der Waals surface area contributed by atoms with Crippen LogP contribution in [0.15, 0.2) is 53.3 Å². The van der Waals surface area contributed by atoms with Gasteiger partial charge in [0.05, 0.1) is 27.8 Å². The summed E-state index contributed by atoms with van der Waals surface area (Å²) in [5.41, 5.74) is 4.05. The maximum Gasteiger partial charge on any atom is 0.192 e. The van der Waals surface area contributed by atoms with Crippen molar-refractivity contribution < 1.29 is 9.84 Å². The minimum Gasteiger partial charge on any atom is -0.508 e. The van der Waals surface area contributed by atoms with E-state index in [2.05, 4.69) is 31.7 Å². The van der Waals surface area contributed by atoms with E-state index in [1.54, 1.807) is 18.2 Å². The number of hydrogen-bond acceptors (Lipinski definition) is 6. The number of piperidine rings is 1. The SMILES string of the molecule is C#Cc1cccc2cc(O)cc(-c3cc(=O)c4c(N5CC6CCCC(C5)N6)cc(OCC56CCCN5CCC6)cc4n3C)c12. The van der Waals surface area contributed by atoms with Gasteiger partial charge in [0.1, 0.15) is 18.1 Å². The van der Waals surface area contributed by atoms with Crippen molar-refractivity contribution in [3.8, 4) is 35.1 Å². The van der Waals surface area contributed by atoms with Gasteiger partial charge in [-0.2, -0.15) is 0 Å². The summed E-state index contributed by atoms with van der Waals surface area (Å²) in [7, 11) is 2.00. The van der Waals surface area contributed by atoms with Crippen LogP contribution in [0.1, 0.15) is 50.5 Å². The van der Waals surface area contributed by atoms with E-state index in [0.29, 0.717) is 29.8 Å². The molecule has 2 unspecified atom stereocenters. The van der Waals surface area contributed by atoms with Crippen LogP contribution in [-0.4, -0.2) is 65.0 Å². The molecule has 0 radical (unpaired) electrons. The molecule has 3 aromatic carbocycles. The van der Waals surface area contributed by atoms with Gasteiger partial charge in [-0.3, -0.25) is 9.69 Å². The number of hydrogen-bond donors (Lipinski definition) is 2. The molecule has 4 saturated heterocycles. The van der Waals surface area contributed by atoms with Crippen molar-refractivity contribution >= 4 is 27.4 Å². The largest absolute Gasteiger partial charge is 0.508 e. The maximum atomic E-state index is 14.2. The minimum atomic E-state index is -0.0376. The van der Waals surface area contributed by atoms with Crippen LogP contribution in [-0.2, 0) is 7.05 Å². The molecule has 8 rings (SSSR count). The molecule has 7 heteroatoms. The summed E-state index contributed by atoms with van der Waals surface area (Å²) in [6.45, 7) is 4.73. The predicted octanol–water partition coefficient (Wildman–Crippen LogP) is 5.38. The van der Waals surface area contributed by atoms with Crippen LogP contribution in [0, 0.1) is 12.3 Å². The van der Waals surface area contributed by atoms with Gasteiger partial charge in [0, 0.05) is 66.9 Å². The Morgan fingerprint density at radius 3 is 2.55 bits per heavy atom. The molecule has 44 heavy (non-hydrogen) atoms. The zero-order valence-corrected chi connectivity index (χ0v) is 25.4. The van der Waals surface area contributed by atoms with E-state index in [-0.39, 0.29) is 16.7 Å². The number of benzene rings is 3. The second-order valence-corrected chi connectivity index (χ2v) is 13.4. The van der Waals surface area contributed by atoms with E-state index >= 15 is 0 Å². The van der Waals surface area contributed by atoms with E-state index in [0.717, 1.165) is 77.9 Å². The van der Waals surface area contributed by atoms with Crippen molar-refractivity contribution in [1.82, 2.24) is 14.8 Å². The number of terminal acetylenes is 1. The Labute approximate surface area is 258 Å². The van der Waals surface area contributed by atoms with Gasteiger partial charge < -0.3 is 24.6 Å². The summed E-state index contributed by atoms with van der Waals surface area (Å²) in [6.07, 6.45) is 14.3.